The quantitative estimate of drug-likeness (QED) is 0.447. The number of aromatic nitrogens is 2. The van der Waals surface area contributed by atoms with Crippen LogP contribution in [-0.4, -0.2) is 34.7 Å². The van der Waals surface area contributed by atoms with E-state index in [1.165, 1.54) is 11.3 Å². The van der Waals surface area contributed by atoms with Crippen molar-refractivity contribution in [2.75, 3.05) is 23.3 Å². The van der Waals surface area contributed by atoms with Gasteiger partial charge in [-0.25, -0.2) is 0 Å². The normalized spacial score (nSPS) is 13.5. The highest BCUT2D eigenvalue weighted by Crippen LogP contribution is 2.33. The minimum absolute atomic E-state index is 0.205. The summed E-state index contributed by atoms with van der Waals surface area (Å²) in [6, 6.07) is 17.3. The van der Waals surface area contributed by atoms with Gasteiger partial charge in [0, 0.05) is 24.0 Å². The Morgan fingerprint density at radius 3 is 2.58 bits per heavy atom. The van der Waals surface area contributed by atoms with Crippen LogP contribution in [0.1, 0.15) is 44.1 Å². The van der Waals surface area contributed by atoms with E-state index in [0.717, 1.165) is 53.1 Å². The molecule has 1 saturated heterocycles. The summed E-state index contributed by atoms with van der Waals surface area (Å²) in [5.74, 6) is -0.721. The number of amides is 2. The molecule has 0 saturated carbocycles. The van der Waals surface area contributed by atoms with E-state index >= 15 is 0 Å². The number of anilines is 2. The number of thiophene rings is 1. The standard InChI is InChI=1S/C25H25N5O2S/c1-16-19-14-22(33-25(19)30(28-16)15-17-7-3-2-4-8-17)24(32)27-20-13-18(23(26)31)9-10-21(20)29-11-5-6-12-29/h2-4,7-10,13-14H,5-6,11-12,15H2,1H3,(H2,26,31)(H,27,32). The van der Waals surface area contributed by atoms with Gasteiger partial charge in [-0.1, -0.05) is 30.3 Å². The second-order valence-electron chi connectivity index (χ2n) is 8.30. The molecule has 0 spiro atoms. The molecule has 7 nitrogen and oxygen atoms in total. The predicted molar refractivity (Wildman–Crippen MR) is 132 cm³/mol. The van der Waals surface area contributed by atoms with Crippen LogP contribution in [0.15, 0.2) is 54.6 Å². The summed E-state index contributed by atoms with van der Waals surface area (Å²) in [7, 11) is 0. The van der Waals surface area contributed by atoms with Crippen LogP contribution in [-0.2, 0) is 6.54 Å². The Hall–Kier alpha value is -3.65. The lowest BCUT2D eigenvalue weighted by Gasteiger charge is -2.22. The van der Waals surface area contributed by atoms with E-state index in [-0.39, 0.29) is 5.91 Å². The molecule has 33 heavy (non-hydrogen) atoms. The van der Waals surface area contributed by atoms with Crippen LogP contribution in [0.5, 0.6) is 0 Å². The lowest BCUT2D eigenvalue weighted by Crippen LogP contribution is -2.22. The second-order valence-corrected chi connectivity index (χ2v) is 9.33. The molecule has 1 aliphatic heterocycles. The van der Waals surface area contributed by atoms with Crippen molar-refractivity contribution in [2.24, 2.45) is 5.73 Å². The van der Waals surface area contributed by atoms with E-state index in [4.69, 9.17) is 5.73 Å². The third-order valence-electron chi connectivity index (χ3n) is 5.98. The van der Waals surface area contributed by atoms with Gasteiger partial charge in [-0.3, -0.25) is 14.3 Å². The zero-order chi connectivity index (χ0) is 22.9. The molecule has 0 radical (unpaired) electrons. The number of carbonyl (C=O) groups is 2. The van der Waals surface area contributed by atoms with Gasteiger partial charge in [-0.2, -0.15) is 5.10 Å². The van der Waals surface area contributed by atoms with Crippen LogP contribution in [0, 0.1) is 6.92 Å². The number of hydrogen-bond acceptors (Lipinski definition) is 5. The fourth-order valence-corrected chi connectivity index (χ4v) is 5.35. The SMILES string of the molecule is Cc1nn(Cc2ccccc2)c2sc(C(=O)Nc3cc(C(N)=O)ccc3N3CCCC3)cc12. The smallest absolute Gasteiger partial charge is 0.265 e. The number of rotatable bonds is 6. The van der Waals surface area contributed by atoms with E-state index in [0.29, 0.717) is 22.7 Å². The van der Waals surface area contributed by atoms with Crippen molar-refractivity contribution >= 4 is 44.7 Å². The average molecular weight is 460 g/mol. The zero-order valence-electron chi connectivity index (χ0n) is 18.4. The van der Waals surface area contributed by atoms with Crippen LogP contribution in [0.25, 0.3) is 10.2 Å². The van der Waals surface area contributed by atoms with E-state index < -0.39 is 5.91 Å². The van der Waals surface area contributed by atoms with Crippen molar-refractivity contribution < 1.29 is 9.59 Å². The fraction of sp³-hybridized carbons (Fsp3) is 0.240. The highest BCUT2D eigenvalue weighted by Gasteiger charge is 2.21. The average Bonchev–Trinajstić information content (AvgIpc) is 3.54. The number of aryl methyl sites for hydroxylation is 1. The molecule has 0 bridgehead atoms. The van der Waals surface area contributed by atoms with Gasteiger partial charge in [0.25, 0.3) is 5.91 Å². The number of nitrogens with one attached hydrogen (secondary N) is 1. The third-order valence-corrected chi connectivity index (χ3v) is 7.13. The van der Waals surface area contributed by atoms with Crippen molar-refractivity contribution in [3.05, 3.63) is 76.3 Å². The highest BCUT2D eigenvalue weighted by molar-refractivity contribution is 7.20. The van der Waals surface area contributed by atoms with Crippen LogP contribution >= 0.6 is 11.3 Å². The minimum atomic E-state index is -0.517. The molecule has 4 aromatic rings. The van der Waals surface area contributed by atoms with Gasteiger partial charge < -0.3 is 16.0 Å². The molecule has 8 heteroatoms. The first-order chi connectivity index (χ1) is 16.0. The molecule has 1 aliphatic rings. The maximum absolute atomic E-state index is 13.2. The lowest BCUT2D eigenvalue weighted by molar-refractivity contribution is 0.0996. The molecular formula is C25H25N5O2S. The van der Waals surface area contributed by atoms with E-state index in [2.05, 4.69) is 27.4 Å². The van der Waals surface area contributed by atoms with Gasteiger partial charge in [0.2, 0.25) is 5.91 Å². The third kappa shape index (κ3) is 4.21. The Labute approximate surface area is 195 Å². The summed E-state index contributed by atoms with van der Waals surface area (Å²) in [6.45, 7) is 4.46. The molecule has 0 aliphatic carbocycles. The first kappa shape index (κ1) is 21.2. The van der Waals surface area contributed by atoms with Gasteiger partial charge in [-0.05, 0) is 49.6 Å². The summed E-state index contributed by atoms with van der Waals surface area (Å²) < 4.78 is 1.95. The minimum Gasteiger partial charge on any atom is -0.370 e. The molecule has 5 rings (SSSR count). The van der Waals surface area contributed by atoms with Crippen molar-refractivity contribution in [3.63, 3.8) is 0 Å². The maximum Gasteiger partial charge on any atom is 0.265 e. The molecular weight excluding hydrogens is 434 g/mol. The molecule has 1 fully saturated rings. The zero-order valence-corrected chi connectivity index (χ0v) is 19.2. The number of primary amides is 1. The molecule has 2 amide bonds. The largest absolute Gasteiger partial charge is 0.370 e. The van der Waals surface area contributed by atoms with Gasteiger partial charge in [0.05, 0.1) is 28.5 Å². The van der Waals surface area contributed by atoms with Crippen LogP contribution in [0.2, 0.25) is 0 Å². The van der Waals surface area contributed by atoms with Gasteiger partial charge in [0.1, 0.15) is 4.83 Å². The first-order valence-electron chi connectivity index (χ1n) is 11.0. The molecule has 168 valence electrons. The molecule has 3 N–H and O–H groups in total. The summed E-state index contributed by atoms with van der Waals surface area (Å²) in [6.07, 6.45) is 2.22. The summed E-state index contributed by atoms with van der Waals surface area (Å²) in [5, 5.41) is 8.67. The molecule has 2 aromatic heterocycles. The molecule has 2 aromatic carbocycles. The lowest BCUT2D eigenvalue weighted by atomic mass is 10.1. The van der Waals surface area contributed by atoms with E-state index in [1.54, 1.807) is 12.1 Å². The number of hydrogen-bond donors (Lipinski definition) is 2. The Balaban J connectivity index is 1.45. The van der Waals surface area contributed by atoms with Crippen LogP contribution in [0.3, 0.4) is 0 Å². The van der Waals surface area contributed by atoms with Crippen molar-refractivity contribution in [1.29, 1.82) is 0 Å². The van der Waals surface area contributed by atoms with Crippen molar-refractivity contribution in [2.45, 2.75) is 26.3 Å². The molecule has 0 unspecified atom stereocenters. The van der Waals surface area contributed by atoms with Gasteiger partial charge in [0.15, 0.2) is 0 Å². The number of benzene rings is 2. The topological polar surface area (TPSA) is 93.2 Å². The van der Waals surface area contributed by atoms with Crippen molar-refractivity contribution in [3.8, 4) is 0 Å². The Morgan fingerprint density at radius 2 is 1.85 bits per heavy atom. The number of nitrogens with two attached hydrogens (primary N) is 1. The summed E-state index contributed by atoms with van der Waals surface area (Å²) in [4.78, 5) is 28.8. The Kier molecular flexibility index (Phi) is 5.60. The van der Waals surface area contributed by atoms with Gasteiger partial charge >= 0.3 is 0 Å². The van der Waals surface area contributed by atoms with Crippen LogP contribution < -0.4 is 16.0 Å². The monoisotopic (exact) mass is 459 g/mol. The summed E-state index contributed by atoms with van der Waals surface area (Å²) >= 11 is 1.42. The van der Waals surface area contributed by atoms with E-state index in [1.807, 2.05) is 41.9 Å². The predicted octanol–water partition coefficient (Wildman–Crippen LogP) is 4.41. The Morgan fingerprint density at radius 1 is 1.09 bits per heavy atom. The fourth-order valence-electron chi connectivity index (χ4n) is 4.30. The van der Waals surface area contributed by atoms with Crippen molar-refractivity contribution in [1.82, 2.24) is 9.78 Å². The van der Waals surface area contributed by atoms with E-state index in [9.17, 15) is 9.59 Å². The highest BCUT2D eigenvalue weighted by atomic mass is 32.1. The number of carbonyl (C=O) groups excluding carboxylic acids is 2. The first-order valence-corrected chi connectivity index (χ1v) is 11.8. The molecule has 0 atom stereocenters. The number of nitrogens with zero attached hydrogens (tertiary/aromatic N) is 3. The summed E-state index contributed by atoms with van der Waals surface area (Å²) in [5.41, 5.74) is 9.43. The second kappa shape index (κ2) is 8.71. The molecule has 3 heterocycles. The van der Waals surface area contributed by atoms with Gasteiger partial charge in [-0.15, -0.1) is 11.3 Å². The maximum atomic E-state index is 13.2. The Bertz CT molecular complexity index is 1340. The van der Waals surface area contributed by atoms with Crippen LogP contribution in [0.4, 0.5) is 11.4 Å². The number of fused-ring (bicyclic) bond motifs is 1.